The standard InChI is InChI=1S/C48H27F3N6/c49-48(50,51)37-23-24-43-41(27-37)38-13-7-8-14-42(38)57(43)44-39(32-19-15-30(28-52)16-20-32)25-36(26-40(44)33-21-17-31(29-53)18-22-33)47-55-45(34-9-3-1-4-10-34)54-46(56-47)35-11-5-2-6-12-35/h1-27H. The molecule has 0 aliphatic heterocycles. The van der Waals surface area contributed by atoms with Crippen molar-refractivity contribution < 1.29 is 13.2 Å². The van der Waals surface area contributed by atoms with Crippen LogP contribution >= 0.6 is 0 Å². The summed E-state index contributed by atoms with van der Waals surface area (Å²) in [6.45, 7) is 0. The van der Waals surface area contributed by atoms with Gasteiger partial charge in [-0.25, -0.2) is 15.0 Å². The van der Waals surface area contributed by atoms with E-state index in [1.807, 2.05) is 126 Å². The highest BCUT2D eigenvalue weighted by Gasteiger charge is 2.32. The van der Waals surface area contributed by atoms with Crippen molar-refractivity contribution in [3.05, 3.63) is 180 Å². The maximum atomic E-state index is 14.2. The summed E-state index contributed by atoms with van der Waals surface area (Å²) in [6, 6.07) is 53.2. The number of nitriles is 2. The first-order chi connectivity index (χ1) is 27.8. The summed E-state index contributed by atoms with van der Waals surface area (Å²) in [5.41, 5.74) is 7.32. The molecule has 57 heavy (non-hydrogen) atoms. The van der Waals surface area contributed by atoms with Crippen molar-refractivity contribution in [1.29, 1.82) is 10.5 Å². The molecule has 0 saturated heterocycles. The zero-order valence-electron chi connectivity index (χ0n) is 29.9. The number of benzene rings is 7. The van der Waals surface area contributed by atoms with Crippen molar-refractivity contribution in [3.8, 4) is 74.2 Å². The Hall–Kier alpha value is -7.88. The number of hydrogen-bond donors (Lipinski definition) is 0. The third-order valence-corrected chi connectivity index (χ3v) is 9.94. The molecule has 6 nitrogen and oxygen atoms in total. The Balaban J connectivity index is 1.41. The van der Waals surface area contributed by atoms with E-state index >= 15 is 0 Å². The number of para-hydroxylation sites is 1. The minimum atomic E-state index is -4.54. The number of aromatic nitrogens is 4. The Bertz CT molecular complexity index is 2910. The summed E-state index contributed by atoms with van der Waals surface area (Å²) in [5, 5.41) is 20.5. The van der Waals surface area contributed by atoms with Crippen molar-refractivity contribution in [2.75, 3.05) is 0 Å². The van der Waals surface area contributed by atoms with E-state index in [9.17, 15) is 23.7 Å². The number of rotatable bonds is 6. The van der Waals surface area contributed by atoms with Crippen molar-refractivity contribution in [3.63, 3.8) is 0 Å². The molecular weight excluding hydrogens is 718 g/mol. The van der Waals surface area contributed by atoms with E-state index in [1.54, 1.807) is 24.3 Å². The largest absolute Gasteiger partial charge is 0.416 e. The SMILES string of the molecule is N#Cc1ccc(-c2cc(-c3nc(-c4ccccc4)nc(-c4ccccc4)n3)cc(-c3ccc(C#N)cc3)c2-n2c3ccccc3c3cc(C(F)(F)F)ccc32)cc1. The van der Waals surface area contributed by atoms with Gasteiger partial charge in [0.2, 0.25) is 0 Å². The van der Waals surface area contributed by atoms with Gasteiger partial charge in [-0.15, -0.1) is 0 Å². The maximum absolute atomic E-state index is 14.2. The minimum Gasteiger partial charge on any atom is -0.308 e. The number of halogens is 3. The van der Waals surface area contributed by atoms with Crippen LogP contribution in [0.25, 0.3) is 83.9 Å². The van der Waals surface area contributed by atoms with E-state index in [4.69, 9.17) is 15.0 Å². The van der Waals surface area contributed by atoms with Crippen LogP contribution in [0, 0.1) is 22.7 Å². The molecule has 0 spiro atoms. The van der Waals surface area contributed by atoms with Crippen LogP contribution < -0.4 is 0 Å². The van der Waals surface area contributed by atoms with Crippen LogP contribution in [0.3, 0.4) is 0 Å². The quantitative estimate of drug-likeness (QED) is 0.169. The smallest absolute Gasteiger partial charge is 0.308 e. The van der Waals surface area contributed by atoms with E-state index in [0.29, 0.717) is 72.8 Å². The molecule has 9 rings (SSSR count). The molecule has 0 radical (unpaired) electrons. The predicted molar refractivity (Wildman–Crippen MR) is 216 cm³/mol. The first kappa shape index (κ1) is 34.9. The van der Waals surface area contributed by atoms with Crippen LogP contribution in [-0.2, 0) is 6.18 Å². The Kier molecular flexibility index (Phi) is 8.61. The molecule has 0 amide bonds. The van der Waals surface area contributed by atoms with Crippen LogP contribution in [0.4, 0.5) is 13.2 Å². The highest BCUT2D eigenvalue weighted by Crippen LogP contribution is 2.45. The third kappa shape index (κ3) is 6.43. The highest BCUT2D eigenvalue weighted by molar-refractivity contribution is 6.11. The van der Waals surface area contributed by atoms with Crippen LogP contribution in [0.15, 0.2) is 164 Å². The molecule has 0 aliphatic carbocycles. The lowest BCUT2D eigenvalue weighted by Crippen LogP contribution is -2.05. The molecular formula is C48H27F3N6. The first-order valence-corrected chi connectivity index (χ1v) is 18.0. The molecule has 0 fully saturated rings. The Morgan fingerprint density at radius 3 is 1.39 bits per heavy atom. The molecule has 0 bridgehead atoms. The third-order valence-electron chi connectivity index (χ3n) is 9.94. The summed E-state index contributed by atoms with van der Waals surface area (Å²) < 4.78 is 44.4. The molecule has 270 valence electrons. The number of nitrogens with zero attached hydrogens (tertiary/aromatic N) is 6. The van der Waals surface area contributed by atoms with Crippen LogP contribution in [0.5, 0.6) is 0 Å². The fourth-order valence-corrected chi connectivity index (χ4v) is 7.22. The lowest BCUT2D eigenvalue weighted by molar-refractivity contribution is -0.137. The average Bonchev–Trinajstić information content (AvgIpc) is 3.59. The van der Waals surface area contributed by atoms with E-state index in [2.05, 4.69) is 12.1 Å². The molecule has 2 heterocycles. The fraction of sp³-hybridized carbons (Fsp3) is 0.0208. The molecule has 2 aromatic heterocycles. The van der Waals surface area contributed by atoms with Crippen LogP contribution in [0.1, 0.15) is 16.7 Å². The summed E-state index contributed by atoms with van der Waals surface area (Å²) in [6.07, 6.45) is -4.54. The second-order valence-electron chi connectivity index (χ2n) is 13.4. The maximum Gasteiger partial charge on any atom is 0.416 e. The van der Waals surface area contributed by atoms with Gasteiger partial charge in [-0.3, -0.25) is 0 Å². The summed E-state index contributed by atoms with van der Waals surface area (Å²) in [7, 11) is 0. The Morgan fingerprint density at radius 1 is 0.439 bits per heavy atom. The molecule has 0 atom stereocenters. The van der Waals surface area contributed by atoms with Gasteiger partial charge >= 0.3 is 6.18 Å². The van der Waals surface area contributed by atoms with Crippen molar-refractivity contribution in [2.24, 2.45) is 0 Å². The molecule has 9 heteroatoms. The second kappa shape index (κ2) is 14.1. The molecule has 0 aliphatic rings. The average molecular weight is 745 g/mol. The van der Waals surface area contributed by atoms with E-state index in [-0.39, 0.29) is 0 Å². The Labute approximate surface area is 325 Å². The zero-order valence-corrected chi connectivity index (χ0v) is 29.9. The van der Waals surface area contributed by atoms with Gasteiger partial charge in [0.15, 0.2) is 17.5 Å². The monoisotopic (exact) mass is 744 g/mol. The summed E-state index contributed by atoms with van der Waals surface area (Å²) >= 11 is 0. The molecule has 7 aromatic carbocycles. The number of alkyl halides is 3. The second-order valence-corrected chi connectivity index (χ2v) is 13.4. The molecule has 0 N–H and O–H groups in total. The topological polar surface area (TPSA) is 91.2 Å². The van der Waals surface area contributed by atoms with Crippen LogP contribution in [-0.4, -0.2) is 19.5 Å². The summed E-state index contributed by atoms with van der Waals surface area (Å²) in [5.74, 6) is 1.36. The van der Waals surface area contributed by atoms with Gasteiger partial charge in [-0.2, -0.15) is 23.7 Å². The van der Waals surface area contributed by atoms with Gasteiger partial charge in [0.1, 0.15) is 0 Å². The normalized spacial score (nSPS) is 11.4. The van der Waals surface area contributed by atoms with Crippen molar-refractivity contribution >= 4 is 21.8 Å². The van der Waals surface area contributed by atoms with E-state index in [0.717, 1.165) is 28.3 Å². The van der Waals surface area contributed by atoms with Gasteiger partial charge in [-0.1, -0.05) is 103 Å². The zero-order chi connectivity index (χ0) is 39.1. The van der Waals surface area contributed by atoms with Crippen molar-refractivity contribution in [2.45, 2.75) is 6.18 Å². The van der Waals surface area contributed by atoms with Gasteiger partial charge in [-0.05, 0) is 71.8 Å². The van der Waals surface area contributed by atoms with E-state index in [1.165, 1.54) is 12.1 Å². The van der Waals surface area contributed by atoms with Gasteiger partial charge in [0, 0.05) is 38.6 Å². The predicted octanol–water partition coefficient (Wildman–Crippen LogP) is 12.1. The van der Waals surface area contributed by atoms with Gasteiger partial charge in [0.25, 0.3) is 0 Å². The molecule has 9 aromatic rings. The van der Waals surface area contributed by atoms with Crippen LogP contribution in [0.2, 0.25) is 0 Å². The number of fused-ring (bicyclic) bond motifs is 3. The Morgan fingerprint density at radius 2 is 0.895 bits per heavy atom. The van der Waals surface area contributed by atoms with Gasteiger partial charge < -0.3 is 4.57 Å². The summed E-state index contributed by atoms with van der Waals surface area (Å²) in [4.78, 5) is 14.9. The number of hydrogen-bond acceptors (Lipinski definition) is 5. The lowest BCUT2D eigenvalue weighted by Gasteiger charge is -2.21. The molecule has 0 saturated carbocycles. The first-order valence-electron chi connectivity index (χ1n) is 18.0. The van der Waals surface area contributed by atoms with Crippen molar-refractivity contribution in [1.82, 2.24) is 19.5 Å². The molecule has 0 unspecified atom stereocenters. The minimum absolute atomic E-state index is 0.399. The lowest BCUT2D eigenvalue weighted by atomic mass is 9.91. The van der Waals surface area contributed by atoms with E-state index < -0.39 is 11.7 Å². The fourth-order valence-electron chi connectivity index (χ4n) is 7.22. The van der Waals surface area contributed by atoms with Gasteiger partial charge in [0.05, 0.1) is 45.5 Å². The highest BCUT2D eigenvalue weighted by atomic mass is 19.4.